The van der Waals surface area contributed by atoms with Crippen molar-refractivity contribution in [3.63, 3.8) is 0 Å². The quantitative estimate of drug-likeness (QED) is 0.390. The van der Waals surface area contributed by atoms with E-state index < -0.39 is 0 Å². The number of para-hydroxylation sites is 2. The van der Waals surface area contributed by atoms with Gasteiger partial charge in [-0.05, 0) is 37.5 Å². The maximum absolute atomic E-state index is 13.1. The number of hydrogen-bond donors (Lipinski definition) is 1. The summed E-state index contributed by atoms with van der Waals surface area (Å²) >= 11 is 1.36. The Hall–Kier alpha value is -2.94. The van der Waals surface area contributed by atoms with Gasteiger partial charge in [0.2, 0.25) is 5.91 Å². The molecule has 1 saturated heterocycles. The van der Waals surface area contributed by atoms with E-state index in [2.05, 4.69) is 23.7 Å². The number of nitrogens with one attached hydrogen (secondary N) is 1. The van der Waals surface area contributed by atoms with Crippen LogP contribution in [0.2, 0.25) is 0 Å². The van der Waals surface area contributed by atoms with Gasteiger partial charge < -0.3 is 19.5 Å². The van der Waals surface area contributed by atoms with Crippen molar-refractivity contribution < 1.29 is 9.53 Å². The molecule has 34 heavy (non-hydrogen) atoms. The van der Waals surface area contributed by atoms with Crippen LogP contribution in [0.3, 0.4) is 0 Å². The summed E-state index contributed by atoms with van der Waals surface area (Å²) in [5, 5.41) is 0.609. The lowest BCUT2D eigenvalue weighted by molar-refractivity contribution is -0.128. The molecule has 1 aliphatic rings. The van der Waals surface area contributed by atoms with Gasteiger partial charge in [-0.25, -0.2) is 4.98 Å². The average molecular weight is 484 g/mol. The molecule has 9 heteroatoms. The Morgan fingerprint density at radius 2 is 1.94 bits per heavy atom. The van der Waals surface area contributed by atoms with Crippen molar-refractivity contribution in [1.29, 1.82) is 0 Å². The first-order valence-corrected chi connectivity index (χ1v) is 12.7. The number of ether oxygens (including phenoxy) is 1. The molecule has 4 rings (SSSR count). The molecule has 1 fully saturated rings. The zero-order valence-corrected chi connectivity index (χ0v) is 21.2. The number of hydrogen-bond acceptors (Lipinski definition) is 6. The van der Waals surface area contributed by atoms with Crippen LogP contribution in [0.25, 0.3) is 11.0 Å². The highest BCUT2D eigenvalue weighted by molar-refractivity contribution is 7.99. The third-order valence-corrected chi connectivity index (χ3v) is 7.11. The Bertz CT molecular complexity index is 1210. The minimum atomic E-state index is -0.0703. The monoisotopic (exact) mass is 483 g/mol. The van der Waals surface area contributed by atoms with Gasteiger partial charge in [0.05, 0.1) is 24.1 Å². The summed E-state index contributed by atoms with van der Waals surface area (Å²) in [6.45, 7) is 9.59. The van der Waals surface area contributed by atoms with E-state index in [9.17, 15) is 9.59 Å². The number of anilines is 1. The molecule has 1 aromatic carbocycles. The molecule has 3 aromatic rings. The van der Waals surface area contributed by atoms with E-state index in [4.69, 9.17) is 9.72 Å². The van der Waals surface area contributed by atoms with Gasteiger partial charge in [0.15, 0.2) is 5.16 Å². The van der Waals surface area contributed by atoms with Crippen LogP contribution in [0, 0.1) is 12.8 Å². The zero-order valence-electron chi connectivity index (χ0n) is 20.3. The summed E-state index contributed by atoms with van der Waals surface area (Å²) in [5.74, 6) is 1.64. The van der Waals surface area contributed by atoms with Crippen molar-refractivity contribution in [2.45, 2.75) is 38.9 Å². The van der Waals surface area contributed by atoms with Crippen LogP contribution in [-0.4, -0.2) is 64.4 Å². The highest BCUT2D eigenvalue weighted by Gasteiger charge is 2.24. The van der Waals surface area contributed by atoms with Crippen molar-refractivity contribution in [3.05, 3.63) is 46.4 Å². The fourth-order valence-corrected chi connectivity index (χ4v) is 5.14. The summed E-state index contributed by atoms with van der Waals surface area (Å²) in [5.41, 5.74) is 3.08. The maximum Gasteiger partial charge on any atom is 0.278 e. The number of rotatable bonds is 8. The molecular weight excluding hydrogens is 450 g/mol. The first-order valence-electron chi connectivity index (χ1n) is 11.8. The zero-order chi connectivity index (χ0) is 24.2. The Morgan fingerprint density at radius 1 is 1.21 bits per heavy atom. The summed E-state index contributed by atoms with van der Waals surface area (Å²) in [6.07, 6.45) is 0.874. The smallest absolute Gasteiger partial charge is 0.278 e. The summed E-state index contributed by atoms with van der Waals surface area (Å²) in [6, 6.07) is 9.85. The number of amides is 1. The van der Waals surface area contributed by atoms with Crippen LogP contribution in [0.5, 0.6) is 5.75 Å². The number of carbonyl (C=O) groups is 1. The summed E-state index contributed by atoms with van der Waals surface area (Å²) in [7, 11) is 1.68. The van der Waals surface area contributed by atoms with E-state index in [-0.39, 0.29) is 17.2 Å². The summed E-state index contributed by atoms with van der Waals surface area (Å²) < 4.78 is 7.20. The Kier molecular flexibility index (Phi) is 7.50. The molecule has 2 aromatic heterocycles. The van der Waals surface area contributed by atoms with Gasteiger partial charge in [0.25, 0.3) is 5.56 Å². The number of H-pyrrole nitrogens is 1. The standard InChI is InChI=1S/C25H33N5O3S/c1-17(2)9-10-30-24(32)23-19(15-18(3)26-23)27-25(30)34-16-22(31)29-13-11-28(12-14-29)20-7-5-6-8-21(20)33-4/h5-8,15,17,26H,9-14,16H2,1-4H3. The Labute approximate surface area is 204 Å². The molecule has 1 aliphatic heterocycles. The molecule has 8 nitrogen and oxygen atoms in total. The van der Waals surface area contributed by atoms with E-state index >= 15 is 0 Å². The minimum absolute atomic E-state index is 0.0691. The number of benzene rings is 1. The molecule has 0 bridgehead atoms. The number of aromatic nitrogens is 3. The van der Waals surface area contributed by atoms with Gasteiger partial charge in [-0.1, -0.05) is 37.7 Å². The van der Waals surface area contributed by atoms with Gasteiger partial charge >= 0.3 is 0 Å². The topological polar surface area (TPSA) is 83.5 Å². The molecule has 3 heterocycles. The van der Waals surface area contributed by atoms with Gasteiger partial charge in [-0.3, -0.25) is 14.2 Å². The van der Waals surface area contributed by atoms with Crippen molar-refractivity contribution in [1.82, 2.24) is 19.4 Å². The number of methoxy groups -OCH3 is 1. The molecule has 0 spiro atoms. The van der Waals surface area contributed by atoms with E-state index in [1.165, 1.54) is 11.8 Å². The van der Waals surface area contributed by atoms with Crippen LogP contribution in [0.1, 0.15) is 26.0 Å². The first-order chi connectivity index (χ1) is 16.4. The Balaban J connectivity index is 1.43. The summed E-state index contributed by atoms with van der Waals surface area (Å²) in [4.78, 5) is 38.1. The number of aryl methyl sites for hydroxylation is 1. The number of aromatic amines is 1. The van der Waals surface area contributed by atoms with Crippen molar-refractivity contribution in [2.75, 3.05) is 43.9 Å². The van der Waals surface area contributed by atoms with E-state index in [0.717, 1.165) is 36.6 Å². The molecule has 0 radical (unpaired) electrons. The SMILES string of the molecule is COc1ccccc1N1CCN(C(=O)CSc2nc3cc(C)[nH]c3c(=O)n2CCC(C)C)CC1. The third kappa shape index (κ3) is 5.24. The lowest BCUT2D eigenvalue weighted by atomic mass is 10.1. The molecule has 1 amide bonds. The van der Waals surface area contributed by atoms with Crippen LogP contribution in [0.15, 0.2) is 40.3 Å². The number of fused-ring (bicyclic) bond motifs is 1. The second kappa shape index (κ2) is 10.5. The number of thioether (sulfide) groups is 1. The number of carbonyl (C=O) groups excluding carboxylic acids is 1. The average Bonchev–Trinajstić information content (AvgIpc) is 3.22. The minimum Gasteiger partial charge on any atom is -0.495 e. The molecule has 0 atom stereocenters. The van der Waals surface area contributed by atoms with E-state index in [0.29, 0.717) is 41.7 Å². The first kappa shape index (κ1) is 24.2. The molecule has 0 aliphatic carbocycles. The van der Waals surface area contributed by atoms with Crippen molar-refractivity contribution >= 4 is 34.4 Å². The fourth-order valence-electron chi connectivity index (χ4n) is 4.21. The normalized spacial score (nSPS) is 14.3. The third-order valence-electron chi connectivity index (χ3n) is 6.15. The highest BCUT2D eigenvalue weighted by Crippen LogP contribution is 2.28. The molecule has 0 unspecified atom stereocenters. The number of piperazine rings is 1. The predicted molar refractivity (Wildman–Crippen MR) is 137 cm³/mol. The largest absolute Gasteiger partial charge is 0.495 e. The van der Waals surface area contributed by atoms with Gasteiger partial charge in [-0.15, -0.1) is 0 Å². The second-order valence-electron chi connectivity index (χ2n) is 9.07. The molecule has 1 N–H and O–H groups in total. The molecule has 182 valence electrons. The molecule has 0 saturated carbocycles. The van der Waals surface area contributed by atoms with Gasteiger partial charge in [0, 0.05) is 38.4 Å². The fraction of sp³-hybridized carbons (Fsp3) is 0.480. The van der Waals surface area contributed by atoms with Crippen molar-refractivity contribution in [3.8, 4) is 5.75 Å². The van der Waals surface area contributed by atoms with Crippen molar-refractivity contribution in [2.24, 2.45) is 5.92 Å². The van der Waals surface area contributed by atoms with Gasteiger partial charge in [-0.2, -0.15) is 0 Å². The van der Waals surface area contributed by atoms with Crippen LogP contribution >= 0.6 is 11.8 Å². The van der Waals surface area contributed by atoms with Crippen LogP contribution in [0.4, 0.5) is 5.69 Å². The molecular formula is C25H33N5O3S. The van der Waals surface area contributed by atoms with Crippen LogP contribution < -0.4 is 15.2 Å². The lowest BCUT2D eigenvalue weighted by Crippen LogP contribution is -2.49. The van der Waals surface area contributed by atoms with E-state index in [1.54, 1.807) is 11.7 Å². The lowest BCUT2D eigenvalue weighted by Gasteiger charge is -2.36. The maximum atomic E-state index is 13.1. The van der Waals surface area contributed by atoms with Crippen LogP contribution in [-0.2, 0) is 11.3 Å². The Morgan fingerprint density at radius 3 is 2.65 bits per heavy atom. The highest BCUT2D eigenvalue weighted by atomic mass is 32.2. The van der Waals surface area contributed by atoms with Gasteiger partial charge in [0.1, 0.15) is 11.3 Å². The second-order valence-corrected chi connectivity index (χ2v) is 10.0. The number of nitrogens with zero attached hydrogens (tertiary/aromatic N) is 4. The predicted octanol–water partition coefficient (Wildman–Crippen LogP) is 3.53. The van der Waals surface area contributed by atoms with E-state index in [1.807, 2.05) is 42.2 Å².